The van der Waals surface area contributed by atoms with Crippen molar-refractivity contribution >= 4 is 0 Å². The van der Waals surface area contributed by atoms with Crippen LogP contribution in [0.4, 0.5) is 0 Å². The molecule has 0 aromatic carbocycles. The fourth-order valence-electron chi connectivity index (χ4n) is 2.35. The highest BCUT2D eigenvalue weighted by Crippen LogP contribution is 2.42. The lowest BCUT2D eigenvalue weighted by atomic mass is 9.70. The SMILES string of the molecule is CC1=C(C)C(C)(C)CC(C)C1. The van der Waals surface area contributed by atoms with Gasteiger partial charge in [-0.15, -0.1) is 0 Å². The summed E-state index contributed by atoms with van der Waals surface area (Å²) in [5, 5.41) is 0. The summed E-state index contributed by atoms with van der Waals surface area (Å²) >= 11 is 0. The van der Waals surface area contributed by atoms with Gasteiger partial charge in [-0.05, 0) is 38.0 Å². The van der Waals surface area contributed by atoms with Gasteiger partial charge in [-0.3, -0.25) is 0 Å². The molecule has 1 atom stereocenters. The minimum Gasteiger partial charge on any atom is -0.0736 e. The zero-order chi connectivity index (χ0) is 8.65. The molecule has 1 unspecified atom stereocenters. The van der Waals surface area contributed by atoms with Crippen LogP contribution in [-0.4, -0.2) is 0 Å². The molecule has 0 heteroatoms. The van der Waals surface area contributed by atoms with Gasteiger partial charge in [-0.1, -0.05) is 31.9 Å². The molecule has 0 amide bonds. The topological polar surface area (TPSA) is 0 Å². The predicted octanol–water partition coefficient (Wildman–Crippen LogP) is 3.78. The molecular weight excluding hydrogens is 132 g/mol. The minimum atomic E-state index is 0.460. The first-order valence-corrected chi connectivity index (χ1v) is 4.60. The second-order valence-electron chi connectivity index (χ2n) is 4.80. The molecule has 0 aromatic rings. The highest BCUT2D eigenvalue weighted by molar-refractivity contribution is 5.20. The van der Waals surface area contributed by atoms with Gasteiger partial charge in [0.1, 0.15) is 0 Å². The fraction of sp³-hybridized carbons (Fsp3) is 0.818. The molecule has 0 nitrogen and oxygen atoms in total. The van der Waals surface area contributed by atoms with E-state index in [2.05, 4.69) is 34.6 Å². The van der Waals surface area contributed by atoms with Gasteiger partial charge < -0.3 is 0 Å². The van der Waals surface area contributed by atoms with Crippen molar-refractivity contribution in [1.82, 2.24) is 0 Å². The highest BCUT2D eigenvalue weighted by atomic mass is 14.3. The molecule has 0 saturated carbocycles. The zero-order valence-electron chi connectivity index (χ0n) is 8.49. The molecule has 1 rings (SSSR count). The van der Waals surface area contributed by atoms with E-state index in [1.165, 1.54) is 12.8 Å². The van der Waals surface area contributed by atoms with Crippen molar-refractivity contribution in [2.45, 2.75) is 47.5 Å². The van der Waals surface area contributed by atoms with Crippen LogP contribution in [-0.2, 0) is 0 Å². The van der Waals surface area contributed by atoms with E-state index in [-0.39, 0.29) is 0 Å². The first-order chi connectivity index (χ1) is 4.93. The Morgan fingerprint density at radius 2 is 1.82 bits per heavy atom. The molecule has 11 heavy (non-hydrogen) atoms. The van der Waals surface area contributed by atoms with E-state index in [1.54, 1.807) is 11.1 Å². The first-order valence-electron chi connectivity index (χ1n) is 4.60. The average Bonchev–Trinajstić information content (AvgIpc) is 1.81. The molecule has 0 radical (unpaired) electrons. The van der Waals surface area contributed by atoms with Crippen molar-refractivity contribution in [3.05, 3.63) is 11.1 Å². The van der Waals surface area contributed by atoms with Crippen LogP contribution in [0.15, 0.2) is 11.1 Å². The van der Waals surface area contributed by atoms with E-state index in [4.69, 9.17) is 0 Å². The Kier molecular flexibility index (Phi) is 2.13. The summed E-state index contributed by atoms with van der Waals surface area (Å²) < 4.78 is 0. The van der Waals surface area contributed by atoms with Crippen molar-refractivity contribution in [3.8, 4) is 0 Å². The van der Waals surface area contributed by atoms with E-state index in [1.807, 2.05) is 0 Å². The molecule has 0 aliphatic heterocycles. The third-order valence-electron chi connectivity index (χ3n) is 3.17. The Balaban J connectivity index is 2.93. The quantitative estimate of drug-likeness (QED) is 0.463. The highest BCUT2D eigenvalue weighted by Gasteiger charge is 2.28. The van der Waals surface area contributed by atoms with E-state index in [0.29, 0.717) is 5.41 Å². The lowest BCUT2D eigenvalue weighted by Gasteiger charge is -2.36. The summed E-state index contributed by atoms with van der Waals surface area (Å²) in [7, 11) is 0. The molecule has 0 bridgehead atoms. The minimum absolute atomic E-state index is 0.460. The molecule has 0 N–H and O–H groups in total. The summed E-state index contributed by atoms with van der Waals surface area (Å²) in [6, 6.07) is 0. The molecule has 0 aromatic heterocycles. The van der Waals surface area contributed by atoms with Gasteiger partial charge >= 0.3 is 0 Å². The summed E-state index contributed by atoms with van der Waals surface area (Å²) in [6.07, 6.45) is 2.67. The summed E-state index contributed by atoms with van der Waals surface area (Å²) in [5.74, 6) is 0.883. The maximum Gasteiger partial charge on any atom is -0.0142 e. The average molecular weight is 152 g/mol. The number of hydrogen-bond acceptors (Lipinski definition) is 0. The molecule has 1 aliphatic rings. The van der Waals surface area contributed by atoms with Gasteiger partial charge in [0.15, 0.2) is 0 Å². The Hall–Kier alpha value is -0.260. The number of allylic oxidation sites excluding steroid dienone is 2. The van der Waals surface area contributed by atoms with Crippen molar-refractivity contribution in [2.24, 2.45) is 11.3 Å². The molecule has 0 fully saturated rings. The standard InChI is InChI=1S/C11H20/c1-8-6-9(2)10(3)11(4,5)7-8/h8H,6-7H2,1-5H3. The Morgan fingerprint density at radius 1 is 1.27 bits per heavy atom. The van der Waals surface area contributed by atoms with Crippen LogP contribution in [0.2, 0.25) is 0 Å². The van der Waals surface area contributed by atoms with E-state index >= 15 is 0 Å². The third-order valence-corrected chi connectivity index (χ3v) is 3.17. The van der Waals surface area contributed by atoms with E-state index < -0.39 is 0 Å². The Morgan fingerprint density at radius 3 is 2.27 bits per heavy atom. The number of rotatable bonds is 0. The van der Waals surface area contributed by atoms with Gasteiger partial charge in [0.2, 0.25) is 0 Å². The van der Waals surface area contributed by atoms with Crippen LogP contribution in [0.25, 0.3) is 0 Å². The van der Waals surface area contributed by atoms with Crippen LogP contribution in [0, 0.1) is 11.3 Å². The van der Waals surface area contributed by atoms with Crippen LogP contribution < -0.4 is 0 Å². The van der Waals surface area contributed by atoms with Crippen molar-refractivity contribution in [1.29, 1.82) is 0 Å². The number of hydrogen-bond donors (Lipinski definition) is 0. The van der Waals surface area contributed by atoms with Crippen LogP contribution >= 0.6 is 0 Å². The maximum atomic E-state index is 2.36. The van der Waals surface area contributed by atoms with Crippen LogP contribution in [0.5, 0.6) is 0 Å². The zero-order valence-corrected chi connectivity index (χ0v) is 8.49. The summed E-state index contributed by atoms with van der Waals surface area (Å²) in [6.45, 7) is 11.7. The molecule has 0 saturated heterocycles. The molecule has 0 spiro atoms. The third kappa shape index (κ3) is 1.66. The molecule has 1 aliphatic carbocycles. The smallest absolute Gasteiger partial charge is 0.0142 e. The predicted molar refractivity (Wildman–Crippen MR) is 50.6 cm³/mol. The van der Waals surface area contributed by atoms with Gasteiger partial charge in [0.05, 0.1) is 0 Å². The molecule has 0 heterocycles. The second kappa shape index (κ2) is 2.66. The van der Waals surface area contributed by atoms with Gasteiger partial charge in [-0.25, -0.2) is 0 Å². The maximum absolute atomic E-state index is 2.36. The first kappa shape index (κ1) is 8.83. The largest absolute Gasteiger partial charge is 0.0736 e. The fourth-order valence-corrected chi connectivity index (χ4v) is 2.35. The van der Waals surface area contributed by atoms with Crippen molar-refractivity contribution in [2.75, 3.05) is 0 Å². The van der Waals surface area contributed by atoms with Crippen molar-refractivity contribution < 1.29 is 0 Å². The van der Waals surface area contributed by atoms with E-state index in [9.17, 15) is 0 Å². The van der Waals surface area contributed by atoms with Gasteiger partial charge in [-0.2, -0.15) is 0 Å². The van der Waals surface area contributed by atoms with Crippen LogP contribution in [0.1, 0.15) is 47.5 Å². The van der Waals surface area contributed by atoms with Crippen LogP contribution in [0.3, 0.4) is 0 Å². The lowest BCUT2D eigenvalue weighted by molar-refractivity contribution is 0.300. The van der Waals surface area contributed by atoms with Gasteiger partial charge in [0, 0.05) is 0 Å². The Labute approximate surface area is 70.7 Å². The van der Waals surface area contributed by atoms with Crippen molar-refractivity contribution in [3.63, 3.8) is 0 Å². The second-order valence-corrected chi connectivity index (χ2v) is 4.80. The Bertz CT molecular complexity index is 184. The van der Waals surface area contributed by atoms with Gasteiger partial charge in [0.25, 0.3) is 0 Å². The molecular formula is C11H20. The monoisotopic (exact) mass is 152 g/mol. The normalized spacial score (nSPS) is 30.8. The summed E-state index contributed by atoms with van der Waals surface area (Å²) in [5.41, 5.74) is 3.70. The lowest BCUT2D eigenvalue weighted by Crippen LogP contribution is -2.23. The summed E-state index contributed by atoms with van der Waals surface area (Å²) in [4.78, 5) is 0. The molecule has 64 valence electrons. The van der Waals surface area contributed by atoms with E-state index in [0.717, 1.165) is 5.92 Å².